The van der Waals surface area contributed by atoms with Gasteiger partial charge in [-0.3, -0.25) is 0 Å². The molecule has 0 bridgehead atoms. The van der Waals surface area contributed by atoms with Crippen LogP contribution >= 0.6 is 11.8 Å². The van der Waals surface area contributed by atoms with Crippen molar-refractivity contribution >= 4 is 22.5 Å². The van der Waals surface area contributed by atoms with Crippen LogP contribution in [0.3, 0.4) is 0 Å². The summed E-state index contributed by atoms with van der Waals surface area (Å²) in [4.78, 5) is 5.39. The second-order valence-corrected chi connectivity index (χ2v) is 6.20. The highest BCUT2D eigenvalue weighted by molar-refractivity contribution is 8.08. The van der Waals surface area contributed by atoms with Gasteiger partial charge in [0, 0.05) is 5.75 Å². The molecule has 0 unspecified atom stereocenters. The van der Waals surface area contributed by atoms with Crippen molar-refractivity contribution in [2.45, 2.75) is 6.42 Å². The van der Waals surface area contributed by atoms with E-state index in [-0.39, 0.29) is 5.89 Å². The number of rotatable bonds is 4. The van der Waals surface area contributed by atoms with Gasteiger partial charge in [0.25, 0.3) is 5.89 Å². The van der Waals surface area contributed by atoms with E-state index in [1.807, 2.05) is 24.3 Å². The largest absolute Gasteiger partial charge is 0.497 e. The van der Waals surface area contributed by atoms with Crippen LogP contribution in [-0.4, -0.2) is 38.0 Å². The molecule has 0 aliphatic carbocycles. The molecule has 3 aromatic rings. The molecular weight excluding hydrogens is 328 g/mol. The lowest BCUT2D eigenvalue weighted by molar-refractivity contribution is 0.414. The van der Waals surface area contributed by atoms with Crippen LogP contribution in [0.1, 0.15) is 12.2 Å². The fourth-order valence-corrected chi connectivity index (χ4v) is 3.25. The predicted molar refractivity (Wildman–Crippen MR) is 90.7 cm³/mol. The first-order chi connectivity index (χ1) is 11.8. The van der Waals surface area contributed by atoms with Crippen LogP contribution in [0, 0.1) is 0 Å². The summed E-state index contributed by atoms with van der Waals surface area (Å²) in [6.07, 6.45) is 3.11. The molecule has 0 radical (unpaired) electrons. The highest BCUT2D eigenvalue weighted by Crippen LogP contribution is 2.33. The van der Waals surface area contributed by atoms with Crippen molar-refractivity contribution < 1.29 is 9.26 Å². The van der Waals surface area contributed by atoms with Gasteiger partial charge in [-0.2, -0.15) is 9.67 Å². The summed E-state index contributed by atoms with van der Waals surface area (Å²) in [6.45, 7) is 0. The smallest absolute Gasteiger partial charge is 0.282 e. The van der Waals surface area contributed by atoms with Crippen molar-refractivity contribution in [1.29, 1.82) is 0 Å². The molecule has 0 saturated heterocycles. The Balaban J connectivity index is 1.66. The molecule has 9 heteroatoms. The van der Waals surface area contributed by atoms with Crippen molar-refractivity contribution in [3.05, 3.63) is 36.2 Å². The second-order valence-electron chi connectivity index (χ2n) is 5.06. The first-order valence-electron chi connectivity index (χ1n) is 7.29. The van der Waals surface area contributed by atoms with Crippen molar-refractivity contribution in [3.63, 3.8) is 0 Å². The molecule has 4 rings (SSSR count). The maximum absolute atomic E-state index is 6.16. The van der Waals surface area contributed by atoms with Crippen molar-refractivity contribution in [2.24, 2.45) is 0 Å². The number of nitrogens with zero attached hydrogens (tertiary/aromatic N) is 5. The number of methoxy groups -OCH3 is 1. The van der Waals surface area contributed by atoms with E-state index in [1.165, 1.54) is 4.68 Å². The van der Waals surface area contributed by atoms with Crippen LogP contribution in [0.4, 0.5) is 5.82 Å². The number of hydrogen-bond acceptors (Lipinski definition) is 8. The Labute approximate surface area is 141 Å². The average Bonchev–Trinajstić information content (AvgIpc) is 3.35. The van der Waals surface area contributed by atoms with Gasteiger partial charge < -0.3 is 15.0 Å². The normalized spacial score (nSPS) is 14.0. The zero-order valence-corrected chi connectivity index (χ0v) is 13.7. The van der Waals surface area contributed by atoms with Gasteiger partial charge in [-0.15, -0.1) is 16.9 Å². The minimum Gasteiger partial charge on any atom is -0.497 e. The van der Waals surface area contributed by atoms with Crippen molar-refractivity contribution in [2.75, 3.05) is 18.6 Å². The Morgan fingerprint density at radius 2 is 2.12 bits per heavy atom. The highest BCUT2D eigenvalue weighted by atomic mass is 32.2. The lowest BCUT2D eigenvalue weighted by Crippen LogP contribution is -2.02. The number of thioether (sulfide) groups is 1. The van der Waals surface area contributed by atoms with E-state index in [1.54, 1.807) is 18.9 Å². The van der Waals surface area contributed by atoms with E-state index in [0.717, 1.165) is 28.5 Å². The molecule has 1 aromatic carbocycles. The summed E-state index contributed by atoms with van der Waals surface area (Å²) in [5, 5.41) is 12.2. The van der Waals surface area contributed by atoms with E-state index in [4.69, 9.17) is 15.0 Å². The second kappa shape index (κ2) is 6.00. The number of aromatic nitrogens is 5. The van der Waals surface area contributed by atoms with Crippen LogP contribution in [0.5, 0.6) is 5.75 Å². The van der Waals surface area contributed by atoms with Gasteiger partial charge in [0.2, 0.25) is 5.82 Å². The number of anilines is 1. The fraction of sp³-hybridized carbons (Fsp3) is 0.200. The molecule has 8 nitrogen and oxygen atoms in total. The van der Waals surface area contributed by atoms with Crippen LogP contribution < -0.4 is 10.5 Å². The molecule has 0 fully saturated rings. The Morgan fingerprint density at radius 1 is 1.29 bits per heavy atom. The minimum absolute atomic E-state index is 0.260. The van der Waals surface area contributed by atoms with E-state index in [9.17, 15) is 0 Å². The number of benzene rings is 1. The van der Waals surface area contributed by atoms with Gasteiger partial charge in [-0.1, -0.05) is 16.4 Å². The maximum Gasteiger partial charge on any atom is 0.282 e. The standard InChI is InChI=1S/C15H14N6O2S/c1-22-10-6-4-9(5-7-10)21-13(16)12(18-20-21)15-17-14(19-23-15)11-3-2-8-24-11/h3-7H,2,8,16H2,1H3. The molecule has 0 spiro atoms. The number of nitrogens with two attached hydrogens (primary N) is 1. The highest BCUT2D eigenvalue weighted by Gasteiger charge is 2.21. The SMILES string of the molecule is COc1ccc(-n2nnc(-c3nc(C4=CCCS4)no3)c2N)cc1. The van der Waals surface area contributed by atoms with E-state index in [0.29, 0.717) is 17.3 Å². The van der Waals surface area contributed by atoms with E-state index < -0.39 is 0 Å². The molecule has 24 heavy (non-hydrogen) atoms. The zero-order valence-electron chi connectivity index (χ0n) is 12.8. The van der Waals surface area contributed by atoms with Crippen LogP contribution in [0.2, 0.25) is 0 Å². The van der Waals surface area contributed by atoms with Crippen LogP contribution in [-0.2, 0) is 0 Å². The molecule has 1 aliphatic rings. The summed E-state index contributed by atoms with van der Waals surface area (Å²) in [5.74, 6) is 2.95. The van der Waals surface area contributed by atoms with E-state index in [2.05, 4.69) is 26.5 Å². The van der Waals surface area contributed by atoms with Gasteiger partial charge >= 0.3 is 0 Å². The lowest BCUT2D eigenvalue weighted by atomic mass is 10.3. The third-order valence-electron chi connectivity index (χ3n) is 3.58. The summed E-state index contributed by atoms with van der Waals surface area (Å²) in [7, 11) is 1.61. The number of hydrogen-bond donors (Lipinski definition) is 1. The first kappa shape index (κ1) is 14.8. The Morgan fingerprint density at radius 3 is 2.83 bits per heavy atom. The van der Waals surface area contributed by atoms with E-state index >= 15 is 0 Å². The minimum atomic E-state index is 0.260. The zero-order chi connectivity index (χ0) is 16.5. The number of allylic oxidation sites excluding steroid dienone is 1. The average molecular weight is 342 g/mol. The molecule has 0 amide bonds. The van der Waals surface area contributed by atoms with Crippen molar-refractivity contribution in [1.82, 2.24) is 25.1 Å². The predicted octanol–water partition coefficient (Wildman–Crippen LogP) is 2.39. The molecule has 0 atom stereocenters. The summed E-state index contributed by atoms with van der Waals surface area (Å²) in [5.41, 5.74) is 7.29. The van der Waals surface area contributed by atoms with Gasteiger partial charge in [-0.05, 0) is 30.7 Å². The number of ether oxygens (including phenoxy) is 1. The molecular formula is C15H14N6O2S. The third-order valence-corrected chi connectivity index (χ3v) is 4.68. The summed E-state index contributed by atoms with van der Waals surface area (Å²) in [6, 6.07) is 7.33. The quantitative estimate of drug-likeness (QED) is 0.770. The monoisotopic (exact) mass is 342 g/mol. The summed E-state index contributed by atoms with van der Waals surface area (Å²) >= 11 is 1.71. The molecule has 122 valence electrons. The Hall–Kier alpha value is -2.81. The van der Waals surface area contributed by atoms with Crippen molar-refractivity contribution in [3.8, 4) is 23.0 Å². The molecule has 3 heterocycles. The maximum atomic E-state index is 6.16. The van der Waals surface area contributed by atoms with Crippen LogP contribution in [0.25, 0.3) is 22.2 Å². The van der Waals surface area contributed by atoms with Gasteiger partial charge in [0.15, 0.2) is 11.5 Å². The van der Waals surface area contributed by atoms with Gasteiger partial charge in [-0.25, -0.2) is 0 Å². The Bertz CT molecular complexity index is 899. The molecule has 2 aromatic heterocycles. The molecule has 0 saturated carbocycles. The van der Waals surface area contributed by atoms with Gasteiger partial charge in [0.1, 0.15) is 5.75 Å². The lowest BCUT2D eigenvalue weighted by Gasteiger charge is -2.04. The number of nitrogen functional groups attached to an aromatic ring is 1. The fourth-order valence-electron chi connectivity index (χ4n) is 2.35. The van der Waals surface area contributed by atoms with Crippen LogP contribution in [0.15, 0.2) is 34.9 Å². The third kappa shape index (κ3) is 2.52. The Kier molecular flexibility index (Phi) is 3.69. The first-order valence-corrected chi connectivity index (χ1v) is 8.28. The molecule has 2 N–H and O–H groups in total. The molecule has 1 aliphatic heterocycles. The summed E-state index contributed by atoms with van der Waals surface area (Å²) < 4.78 is 12.0. The van der Waals surface area contributed by atoms with Gasteiger partial charge in [0.05, 0.1) is 17.7 Å². The topological polar surface area (TPSA) is 105 Å².